The first-order chi connectivity index (χ1) is 9.12. The van der Waals surface area contributed by atoms with E-state index < -0.39 is 6.10 Å². The van der Waals surface area contributed by atoms with Crippen molar-refractivity contribution < 1.29 is 14.3 Å². The summed E-state index contributed by atoms with van der Waals surface area (Å²) in [5.41, 5.74) is 1.83. The predicted octanol–water partition coefficient (Wildman–Crippen LogP) is 3.06. The molecule has 19 heavy (non-hydrogen) atoms. The molecule has 0 fully saturated rings. The van der Waals surface area contributed by atoms with Gasteiger partial charge < -0.3 is 9.47 Å². The zero-order valence-electron chi connectivity index (χ0n) is 12.2. The lowest BCUT2D eigenvalue weighted by Crippen LogP contribution is -2.29. The minimum Gasteiger partial charge on any atom is -0.477 e. The maximum Gasteiger partial charge on any atom is 0.347 e. The number of hydrogen-bond acceptors (Lipinski definition) is 4. The summed E-state index contributed by atoms with van der Waals surface area (Å²) < 4.78 is 10.9. The van der Waals surface area contributed by atoms with E-state index in [0.717, 1.165) is 24.2 Å². The lowest BCUT2D eigenvalue weighted by atomic mass is 10.2. The highest BCUT2D eigenvalue weighted by molar-refractivity contribution is 5.75. The molecule has 4 nitrogen and oxygen atoms in total. The lowest BCUT2D eigenvalue weighted by molar-refractivity contribution is -0.151. The van der Waals surface area contributed by atoms with Gasteiger partial charge in [-0.2, -0.15) is 0 Å². The van der Waals surface area contributed by atoms with E-state index in [2.05, 4.69) is 4.98 Å². The molecule has 1 heterocycles. The molecular weight excluding hydrogens is 242 g/mol. The van der Waals surface area contributed by atoms with Gasteiger partial charge in [-0.25, -0.2) is 4.79 Å². The number of carbonyl (C=O) groups is 1. The summed E-state index contributed by atoms with van der Waals surface area (Å²) in [6.45, 7) is 8.15. The Bertz CT molecular complexity index is 418. The van der Waals surface area contributed by atoms with Crippen LogP contribution in [0.2, 0.25) is 0 Å². The monoisotopic (exact) mass is 265 g/mol. The number of rotatable bonds is 7. The van der Waals surface area contributed by atoms with Crippen LogP contribution in [0, 0.1) is 6.92 Å². The summed E-state index contributed by atoms with van der Waals surface area (Å²) in [7, 11) is 0. The van der Waals surface area contributed by atoms with Gasteiger partial charge in [-0.15, -0.1) is 0 Å². The quantitative estimate of drug-likeness (QED) is 0.711. The van der Waals surface area contributed by atoms with Crippen molar-refractivity contribution in [3.63, 3.8) is 0 Å². The van der Waals surface area contributed by atoms with E-state index in [0.29, 0.717) is 18.8 Å². The maximum absolute atomic E-state index is 11.8. The van der Waals surface area contributed by atoms with E-state index >= 15 is 0 Å². The third-order valence-corrected chi connectivity index (χ3v) is 2.78. The third-order valence-electron chi connectivity index (χ3n) is 2.78. The highest BCUT2D eigenvalue weighted by atomic mass is 16.6. The van der Waals surface area contributed by atoms with Crippen molar-refractivity contribution in [3.05, 3.63) is 23.5 Å². The van der Waals surface area contributed by atoms with Gasteiger partial charge in [0.2, 0.25) is 0 Å². The fraction of sp³-hybridized carbons (Fsp3) is 0.600. The van der Waals surface area contributed by atoms with Gasteiger partial charge in [0.1, 0.15) is 5.75 Å². The molecule has 1 aromatic rings. The Hall–Kier alpha value is -1.58. The third kappa shape index (κ3) is 4.54. The highest BCUT2D eigenvalue weighted by Crippen LogP contribution is 2.20. The van der Waals surface area contributed by atoms with Gasteiger partial charge in [0.05, 0.1) is 12.3 Å². The first-order valence-corrected chi connectivity index (χ1v) is 6.92. The number of aryl methyl sites for hydroxylation is 2. The number of pyridine rings is 1. The van der Waals surface area contributed by atoms with Crippen LogP contribution in [-0.2, 0) is 16.0 Å². The van der Waals surface area contributed by atoms with Crippen LogP contribution in [-0.4, -0.2) is 23.7 Å². The van der Waals surface area contributed by atoms with E-state index in [1.165, 1.54) is 0 Å². The normalized spacial score (nSPS) is 12.0. The molecule has 1 rings (SSSR count). The Morgan fingerprint density at radius 2 is 2.05 bits per heavy atom. The Kier molecular flexibility index (Phi) is 6.33. The number of hydrogen-bond donors (Lipinski definition) is 0. The molecule has 0 aliphatic heterocycles. The number of esters is 1. The van der Waals surface area contributed by atoms with Crippen molar-refractivity contribution in [1.29, 1.82) is 0 Å². The number of nitrogens with zero attached hydrogens (tertiary/aromatic N) is 1. The molecular formula is C15H23NO3. The molecule has 0 aliphatic rings. The average molecular weight is 265 g/mol. The second kappa shape index (κ2) is 7.77. The van der Waals surface area contributed by atoms with E-state index in [1.807, 2.05) is 32.9 Å². The standard InChI is InChI=1S/C15H23NO3/c1-5-8-14(15(17)18-7-3)19-13-10-9-11(4)16-12(13)6-2/h9-10,14H,5-8H2,1-4H3. The molecule has 1 aromatic heterocycles. The molecule has 0 N–H and O–H groups in total. The summed E-state index contributed by atoms with van der Waals surface area (Å²) in [5.74, 6) is 0.381. The summed E-state index contributed by atoms with van der Waals surface area (Å²) in [6, 6.07) is 3.77. The van der Waals surface area contributed by atoms with Crippen LogP contribution < -0.4 is 4.74 Å². The minimum atomic E-state index is -0.542. The van der Waals surface area contributed by atoms with Crippen molar-refractivity contribution in [1.82, 2.24) is 4.98 Å². The molecule has 106 valence electrons. The average Bonchev–Trinajstić information content (AvgIpc) is 2.40. The predicted molar refractivity (Wildman–Crippen MR) is 74.3 cm³/mol. The van der Waals surface area contributed by atoms with Crippen LogP contribution in [0.25, 0.3) is 0 Å². The van der Waals surface area contributed by atoms with Crippen molar-refractivity contribution in [2.24, 2.45) is 0 Å². The summed E-state index contributed by atoms with van der Waals surface area (Å²) in [6.07, 6.45) is 1.75. The second-order valence-electron chi connectivity index (χ2n) is 4.40. The maximum atomic E-state index is 11.8. The van der Waals surface area contributed by atoms with E-state index in [-0.39, 0.29) is 5.97 Å². The highest BCUT2D eigenvalue weighted by Gasteiger charge is 2.22. The van der Waals surface area contributed by atoms with Crippen molar-refractivity contribution in [3.8, 4) is 5.75 Å². The van der Waals surface area contributed by atoms with Gasteiger partial charge in [0, 0.05) is 5.69 Å². The van der Waals surface area contributed by atoms with Crippen LogP contribution in [0.3, 0.4) is 0 Å². The van der Waals surface area contributed by atoms with Gasteiger partial charge in [0.25, 0.3) is 0 Å². The van der Waals surface area contributed by atoms with E-state index in [1.54, 1.807) is 6.92 Å². The molecule has 1 atom stereocenters. The van der Waals surface area contributed by atoms with Crippen LogP contribution in [0.4, 0.5) is 0 Å². The SMILES string of the molecule is CCCC(Oc1ccc(C)nc1CC)C(=O)OCC. The number of ether oxygens (including phenoxy) is 2. The number of carbonyl (C=O) groups excluding carboxylic acids is 1. The van der Waals surface area contributed by atoms with Crippen LogP contribution in [0.1, 0.15) is 45.0 Å². The molecule has 0 aliphatic carbocycles. The molecule has 0 saturated heterocycles. The lowest BCUT2D eigenvalue weighted by Gasteiger charge is -2.18. The molecule has 0 saturated carbocycles. The minimum absolute atomic E-state index is 0.299. The molecule has 0 radical (unpaired) electrons. The van der Waals surface area contributed by atoms with Gasteiger partial charge in [-0.1, -0.05) is 20.3 Å². The molecule has 1 unspecified atom stereocenters. The molecule has 0 bridgehead atoms. The van der Waals surface area contributed by atoms with Gasteiger partial charge >= 0.3 is 5.97 Å². The summed E-state index contributed by atoms with van der Waals surface area (Å²) in [5, 5.41) is 0. The Balaban J connectivity index is 2.86. The molecule has 4 heteroatoms. The first-order valence-electron chi connectivity index (χ1n) is 6.92. The largest absolute Gasteiger partial charge is 0.477 e. The van der Waals surface area contributed by atoms with Crippen LogP contribution in [0.15, 0.2) is 12.1 Å². The van der Waals surface area contributed by atoms with E-state index in [4.69, 9.17) is 9.47 Å². The zero-order chi connectivity index (χ0) is 14.3. The fourth-order valence-corrected chi connectivity index (χ4v) is 1.83. The van der Waals surface area contributed by atoms with Gasteiger partial charge in [0.15, 0.2) is 6.10 Å². The topological polar surface area (TPSA) is 48.4 Å². The van der Waals surface area contributed by atoms with Crippen molar-refractivity contribution in [2.45, 2.75) is 53.1 Å². The summed E-state index contributed by atoms with van der Waals surface area (Å²) in [4.78, 5) is 16.3. The first kappa shape index (κ1) is 15.5. The Morgan fingerprint density at radius 1 is 1.32 bits per heavy atom. The van der Waals surface area contributed by atoms with Gasteiger partial charge in [-0.05, 0) is 38.8 Å². The zero-order valence-corrected chi connectivity index (χ0v) is 12.2. The Morgan fingerprint density at radius 3 is 2.63 bits per heavy atom. The molecule has 0 spiro atoms. The van der Waals surface area contributed by atoms with Crippen LogP contribution in [0.5, 0.6) is 5.75 Å². The van der Waals surface area contributed by atoms with Crippen molar-refractivity contribution in [2.75, 3.05) is 6.61 Å². The fourth-order valence-electron chi connectivity index (χ4n) is 1.83. The second-order valence-corrected chi connectivity index (χ2v) is 4.40. The summed E-state index contributed by atoms with van der Waals surface area (Å²) >= 11 is 0. The molecule has 0 amide bonds. The van der Waals surface area contributed by atoms with E-state index in [9.17, 15) is 4.79 Å². The van der Waals surface area contributed by atoms with Gasteiger partial charge in [-0.3, -0.25) is 4.98 Å². The number of aromatic nitrogens is 1. The molecule has 0 aromatic carbocycles. The Labute approximate surface area is 115 Å². The van der Waals surface area contributed by atoms with Crippen molar-refractivity contribution >= 4 is 5.97 Å². The van der Waals surface area contributed by atoms with Crippen LogP contribution >= 0.6 is 0 Å². The smallest absolute Gasteiger partial charge is 0.347 e.